The maximum atomic E-state index is 5.84. The largest absolute Gasteiger partial charge is 0.370 e. The second-order valence-corrected chi connectivity index (χ2v) is 7.19. The van der Waals surface area contributed by atoms with Crippen LogP contribution in [-0.4, -0.2) is 22.7 Å². The minimum atomic E-state index is 0.0493. The highest BCUT2D eigenvalue weighted by Gasteiger charge is 2.19. The summed E-state index contributed by atoms with van der Waals surface area (Å²) >= 11 is 1.61. The van der Waals surface area contributed by atoms with Crippen LogP contribution in [-0.2, 0) is 12.0 Å². The molecular weight excluding hydrogens is 258 g/mol. The molecule has 0 unspecified atom stereocenters. The molecule has 0 aromatic carbocycles. The minimum Gasteiger partial charge on any atom is -0.370 e. The van der Waals surface area contributed by atoms with Gasteiger partial charge in [-0.3, -0.25) is 0 Å². The Morgan fingerprint density at radius 3 is 2.68 bits per heavy atom. The third-order valence-electron chi connectivity index (χ3n) is 3.29. The van der Waals surface area contributed by atoms with Crippen molar-refractivity contribution in [2.75, 3.05) is 6.54 Å². The molecule has 1 aliphatic carbocycles. The molecule has 0 amide bonds. The molecule has 5 nitrogen and oxygen atoms in total. The van der Waals surface area contributed by atoms with Crippen LogP contribution in [0.2, 0.25) is 0 Å². The molecule has 0 spiro atoms. The summed E-state index contributed by atoms with van der Waals surface area (Å²) in [5.41, 5.74) is 5.89. The molecular formula is C13H23N5S. The molecule has 0 bridgehead atoms. The van der Waals surface area contributed by atoms with Crippen molar-refractivity contribution in [2.45, 2.75) is 52.0 Å². The molecule has 0 saturated heterocycles. The van der Waals surface area contributed by atoms with E-state index in [1.807, 2.05) is 0 Å². The Morgan fingerprint density at radius 1 is 1.42 bits per heavy atom. The van der Waals surface area contributed by atoms with E-state index < -0.39 is 0 Å². The van der Waals surface area contributed by atoms with Gasteiger partial charge < -0.3 is 11.1 Å². The molecule has 2 rings (SSSR count). The van der Waals surface area contributed by atoms with Crippen LogP contribution in [0.3, 0.4) is 0 Å². The first-order valence-corrected chi connectivity index (χ1v) is 7.63. The minimum absolute atomic E-state index is 0.0493. The van der Waals surface area contributed by atoms with Crippen molar-refractivity contribution in [1.29, 1.82) is 0 Å². The van der Waals surface area contributed by atoms with Gasteiger partial charge in [-0.1, -0.05) is 38.5 Å². The lowest BCUT2D eigenvalue weighted by atomic mass is 9.85. The zero-order chi connectivity index (χ0) is 13.9. The Morgan fingerprint density at radius 2 is 2.16 bits per heavy atom. The van der Waals surface area contributed by atoms with Crippen LogP contribution < -0.4 is 11.1 Å². The molecule has 1 saturated carbocycles. The number of aromatic nitrogens is 2. The van der Waals surface area contributed by atoms with Crippen LogP contribution in [0, 0.1) is 5.92 Å². The van der Waals surface area contributed by atoms with Crippen molar-refractivity contribution >= 4 is 17.3 Å². The molecule has 106 valence electrons. The van der Waals surface area contributed by atoms with Gasteiger partial charge in [-0.2, -0.15) is 0 Å². The van der Waals surface area contributed by atoms with Crippen LogP contribution in [0.4, 0.5) is 0 Å². The van der Waals surface area contributed by atoms with E-state index >= 15 is 0 Å². The van der Waals surface area contributed by atoms with Crippen molar-refractivity contribution in [2.24, 2.45) is 16.6 Å². The molecule has 6 heteroatoms. The number of aliphatic imine (C=N–C) groups is 1. The highest BCUT2D eigenvalue weighted by atomic mass is 32.1. The van der Waals surface area contributed by atoms with Gasteiger partial charge in [-0.05, 0) is 18.8 Å². The lowest BCUT2D eigenvalue weighted by molar-refractivity contribution is 0.315. The zero-order valence-corrected chi connectivity index (χ0v) is 12.8. The molecule has 1 aromatic rings. The molecule has 0 radical (unpaired) electrons. The van der Waals surface area contributed by atoms with Gasteiger partial charge in [0.05, 0.1) is 6.54 Å². The summed E-state index contributed by atoms with van der Waals surface area (Å²) in [6, 6.07) is 0. The summed E-state index contributed by atoms with van der Waals surface area (Å²) in [6.07, 6.45) is 3.97. The Bertz CT molecular complexity index is 442. The molecule has 0 aliphatic heterocycles. The fraction of sp³-hybridized carbons (Fsp3) is 0.769. The van der Waals surface area contributed by atoms with E-state index in [1.54, 1.807) is 11.3 Å². The van der Waals surface area contributed by atoms with Gasteiger partial charge in [0.2, 0.25) is 0 Å². The number of rotatable bonds is 4. The normalized spacial score (nSPS) is 17.3. The quantitative estimate of drug-likeness (QED) is 0.654. The van der Waals surface area contributed by atoms with Gasteiger partial charge in [-0.25, -0.2) is 4.99 Å². The average molecular weight is 281 g/mol. The lowest BCUT2D eigenvalue weighted by Gasteiger charge is -2.25. The van der Waals surface area contributed by atoms with Gasteiger partial charge in [0.1, 0.15) is 10.0 Å². The van der Waals surface area contributed by atoms with E-state index in [1.165, 1.54) is 19.3 Å². The molecule has 1 aliphatic rings. The van der Waals surface area contributed by atoms with Crippen molar-refractivity contribution in [3.63, 3.8) is 0 Å². The fourth-order valence-electron chi connectivity index (χ4n) is 1.78. The van der Waals surface area contributed by atoms with E-state index in [0.717, 1.165) is 22.5 Å². The third kappa shape index (κ3) is 4.16. The molecule has 1 aromatic heterocycles. The molecule has 3 N–H and O–H groups in total. The molecule has 19 heavy (non-hydrogen) atoms. The Hall–Kier alpha value is -1.17. The van der Waals surface area contributed by atoms with E-state index in [2.05, 4.69) is 41.3 Å². The summed E-state index contributed by atoms with van der Waals surface area (Å²) in [5, 5.41) is 13.5. The van der Waals surface area contributed by atoms with Crippen LogP contribution >= 0.6 is 11.3 Å². The van der Waals surface area contributed by atoms with E-state index in [4.69, 9.17) is 5.73 Å². The topological polar surface area (TPSA) is 76.2 Å². The molecule has 0 atom stereocenters. The number of guanidine groups is 1. The second kappa shape index (κ2) is 5.86. The Balaban J connectivity index is 1.81. The van der Waals surface area contributed by atoms with Crippen molar-refractivity contribution in [1.82, 2.24) is 15.5 Å². The monoisotopic (exact) mass is 281 g/mol. The van der Waals surface area contributed by atoms with Gasteiger partial charge >= 0.3 is 0 Å². The first kappa shape index (κ1) is 14.2. The summed E-state index contributed by atoms with van der Waals surface area (Å²) in [7, 11) is 0. The molecule has 1 fully saturated rings. The van der Waals surface area contributed by atoms with Crippen LogP contribution in [0.15, 0.2) is 4.99 Å². The van der Waals surface area contributed by atoms with E-state index in [9.17, 15) is 0 Å². The summed E-state index contributed by atoms with van der Waals surface area (Å²) in [5.74, 6) is 1.29. The second-order valence-electron chi connectivity index (χ2n) is 6.13. The number of hydrogen-bond acceptors (Lipinski definition) is 4. The zero-order valence-electron chi connectivity index (χ0n) is 11.9. The predicted octanol–water partition coefficient (Wildman–Crippen LogP) is 2.04. The van der Waals surface area contributed by atoms with Crippen LogP contribution in [0.25, 0.3) is 0 Å². The van der Waals surface area contributed by atoms with Gasteiger partial charge in [0.15, 0.2) is 5.96 Å². The summed E-state index contributed by atoms with van der Waals surface area (Å²) < 4.78 is 0. The number of nitrogens with one attached hydrogen (secondary N) is 1. The Labute approximate surface area is 118 Å². The average Bonchev–Trinajstić information content (AvgIpc) is 2.72. The van der Waals surface area contributed by atoms with Crippen molar-refractivity contribution in [3.05, 3.63) is 10.0 Å². The number of nitrogens with zero attached hydrogens (tertiary/aromatic N) is 3. The first-order chi connectivity index (χ1) is 8.95. The highest BCUT2D eigenvalue weighted by molar-refractivity contribution is 7.11. The standard InChI is InChI=1S/C13H23N5S/c1-13(2,3)11-18-17-10(19-11)8-16-12(14)15-7-9-5-4-6-9/h9H,4-8H2,1-3H3,(H3,14,15,16). The maximum Gasteiger partial charge on any atom is 0.189 e. The van der Waals surface area contributed by atoms with Gasteiger partial charge in [0.25, 0.3) is 0 Å². The summed E-state index contributed by atoms with van der Waals surface area (Å²) in [6.45, 7) is 7.86. The Kier molecular flexibility index (Phi) is 4.39. The maximum absolute atomic E-state index is 5.84. The van der Waals surface area contributed by atoms with Crippen molar-refractivity contribution < 1.29 is 0 Å². The smallest absolute Gasteiger partial charge is 0.189 e. The SMILES string of the molecule is CC(C)(C)c1nnc(CN=C(N)NCC2CCC2)s1. The summed E-state index contributed by atoms with van der Waals surface area (Å²) in [4.78, 5) is 4.31. The van der Waals surface area contributed by atoms with Crippen LogP contribution in [0.1, 0.15) is 50.0 Å². The van der Waals surface area contributed by atoms with E-state index in [-0.39, 0.29) is 5.41 Å². The van der Waals surface area contributed by atoms with E-state index in [0.29, 0.717) is 12.5 Å². The number of nitrogens with two attached hydrogens (primary N) is 1. The fourth-order valence-corrected chi connectivity index (χ4v) is 2.60. The predicted molar refractivity (Wildman–Crippen MR) is 79.3 cm³/mol. The van der Waals surface area contributed by atoms with Crippen LogP contribution in [0.5, 0.6) is 0 Å². The lowest BCUT2D eigenvalue weighted by Crippen LogP contribution is -2.37. The van der Waals surface area contributed by atoms with Gasteiger partial charge in [0, 0.05) is 12.0 Å². The number of hydrogen-bond donors (Lipinski definition) is 2. The molecule has 1 heterocycles. The van der Waals surface area contributed by atoms with Gasteiger partial charge in [-0.15, -0.1) is 10.2 Å². The van der Waals surface area contributed by atoms with Crippen molar-refractivity contribution in [3.8, 4) is 0 Å². The third-order valence-corrected chi connectivity index (χ3v) is 4.62. The highest BCUT2D eigenvalue weighted by Crippen LogP contribution is 2.26. The first-order valence-electron chi connectivity index (χ1n) is 6.82.